The number of ether oxygens (including phenoxy) is 2. The van der Waals surface area contributed by atoms with Gasteiger partial charge >= 0.3 is 11.9 Å². The van der Waals surface area contributed by atoms with Crippen LogP contribution in [0.15, 0.2) is 46.9 Å². The molecule has 0 aromatic heterocycles. The second-order valence-electron chi connectivity index (χ2n) is 7.68. The molecule has 1 spiro atoms. The normalized spacial score (nSPS) is 28.0. The summed E-state index contributed by atoms with van der Waals surface area (Å²) in [6, 6.07) is 12.4. The number of para-hydroxylation sites is 1. The van der Waals surface area contributed by atoms with Crippen molar-refractivity contribution in [2.75, 3.05) is 18.6 Å². The number of benzene rings is 2. The van der Waals surface area contributed by atoms with Crippen molar-refractivity contribution in [2.45, 2.75) is 18.4 Å². The Hall–Kier alpha value is -2.78. The predicted molar refractivity (Wildman–Crippen MR) is 119 cm³/mol. The summed E-state index contributed by atoms with van der Waals surface area (Å²) in [5.74, 6) is -2.69. The molecule has 1 saturated heterocycles. The summed E-state index contributed by atoms with van der Waals surface area (Å²) >= 11 is 9.05. The molecule has 0 bridgehead atoms. The van der Waals surface area contributed by atoms with Crippen LogP contribution in [0.4, 0.5) is 5.69 Å². The third kappa shape index (κ3) is 2.28. The van der Waals surface area contributed by atoms with Crippen molar-refractivity contribution in [1.82, 2.24) is 5.32 Å². The van der Waals surface area contributed by atoms with Crippen LogP contribution in [0.5, 0.6) is 5.75 Å². The second kappa shape index (κ2) is 6.61. The van der Waals surface area contributed by atoms with Crippen LogP contribution in [-0.4, -0.2) is 36.5 Å². The third-order valence-corrected chi connectivity index (χ3v) is 7.19. The zero-order valence-corrected chi connectivity index (χ0v) is 19.0. The first-order valence-corrected chi connectivity index (χ1v) is 10.9. The number of carbonyl (C=O) groups excluding carboxylic acids is 3. The monoisotopic (exact) mass is 500 g/mol. The number of nitrogens with zero attached hydrogens (tertiary/aromatic N) is 1. The highest BCUT2D eigenvalue weighted by molar-refractivity contribution is 9.10. The maximum Gasteiger partial charge on any atom is 0.336 e. The number of amides is 1. The molecular formula is C22H17BrN2O5S. The number of carbonyl (C=O) groups is 3. The molecule has 2 aromatic carbocycles. The topological polar surface area (TPSA) is 84.9 Å². The highest BCUT2D eigenvalue weighted by atomic mass is 79.9. The molecule has 0 saturated carbocycles. The van der Waals surface area contributed by atoms with Crippen LogP contribution in [0.1, 0.15) is 24.0 Å². The fraction of sp³-hybridized carbons (Fsp3) is 0.273. The lowest BCUT2D eigenvalue weighted by molar-refractivity contribution is -0.164. The van der Waals surface area contributed by atoms with Crippen LogP contribution in [-0.2, 0) is 24.7 Å². The van der Waals surface area contributed by atoms with Gasteiger partial charge < -0.3 is 19.7 Å². The number of nitrogens with one attached hydrogen (secondary N) is 1. The molecule has 31 heavy (non-hydrogen) atoms. The van der Waals surface area contributed by atoms with Crippen LogP contribution in [0, 0.1) is 5.41 Å². The van der Waals surface area contributed by atoms with Crippen LogP contribution in [0.3, 0.4) is 0 Å². The van der Waals surface area contributed by atoms with Crippen molar-refractivity contribution in [1.29, 1.82) is 0 Å². The quantitative estimate of drug-likeness (QED) is 0.293. The molecule has 3 atom stereocenters. The summed E-state index contributed by atoms with van der Waals surface area (Å²) in [6.07, 6.45) is 0. The molecule has 158 valence electrons. The number of esters is 2. The van der Waals surface area contributed by atoms with E-state index in [1.807, 2.05) is 24.3 Å². The molecule has 1 fully saturated rings. The molecule has 1 amide bonds. The second-order valence-corrected chi connectivity index (χ2v) is 9.00. The van der Waals surface area contributed by atoms with Gasteiger partial charge in [-0.15, -0.1) is 0 Å². The zero-order valence-electron chi connectivity index (χ0n) is 16.6. The van der Waals surface area contributed by atoms with Gasteiger partial charge in [0.05, 0.1) is 12.5 Å². The molecule has 3 aliphatic rings. The van der Waals surface area contributed by atoms with E-state index < -0.39 is 28.8 Å². The fourth-order valence-corrected chi connectivity index (χ4v) is 5.85. The van der Waals surface area contributed by atoms with E-state index in [9.17, 15) is 14.4 Å². The van der Waals surface area contributed by atoms with E-state index >= 15 is 0 Å². The van der Waals surface area contributed by atoms with Crippen LogP contribution >= 0.6 is 28.1 Å². The number of halogens is 1. The zero-order chi connectivity index (χ0) is 22.1. The Morgan fingerprint density at radius 2 is 2.03 bits per heavy atom. The van der Waals surface area contributed by atoms with Crippen LogP contribution < -0.4 is 15.0 Å². The van der Waals surface area contributed by atoms with Gasteiger partial charge in [-0.05, 0) is 31.2 Å². The Bertz CT molecular complexity index is 1200. The number of rotatable bonds is 2. The molecule has 3 heterocycles. The van der Waals surface area contributed by atoms with E-state index in [0.29, 0.717) is 21.3 Å². The molecule has 0 aliphatic carbocycles. The van der Waals surface area contributed by atoms with Gasteiger partial charge in [0, 0.05) is 28.3 Å². The molecular weight excluding hydrogens is 484 g/mol. The minimum Gasteiger partial charge on any atom is -0.465 e. The Kier molecular flexibility index (Phi) is 4.29. The Morgan fingerprint density at radius 1 is 1.29 bits per heavy atom. The summed E-state index contributed by atoms with van der Waals surface area (Å²) < 4.78 is 11.6. The van der Waals surface area contributed by atoms with Crippen molar-refractivity contribution in [3.8, 4) is 5.75 Å². The van der Waals surface area contributed by atoms with Crippen molar-refractivity contribution >= 4 is 56.7 Å². The third-order valence-electron chi connectivity index (χ3n) is 6.27. The smallest absolute Gasteiger partial charge is 0.336 e. The molecule has 0 unspecified atom stereocenters. The first-order valence-electron chi connectivity index (χ1n) is 9.69. The summed E-state index contributed by atoms with van der Waals surface area (Å²) in [7, 11) is 1.66. The SMILES string of the molecule is CCOC(=O)[C@]12C(=O)Oc3ccc(Br)cc3[C@H]1[C@]1(NC2=S)C(=O)N(C)c2ccccc21. The largest absolute Gasteiger partial charge is 0.465 e. The molecule has 9 heteroatoms. The van der Waals surface area contributed by atoms with Crippen molar-refractivity contribution in [3.05, 3.63) is 58.1 Å². The first-order chi connectivity index (χ1) is 14.8. The Balaban J connectivity index is 1.89. The number of fused-ring (bicyclic) bond motifs is 6. The maximum atomic E-state index is 13.8. The van der Waals surface area contributed by atoms with Gasteiger partial charge in [-0.2, -0.15) is 0 Å². The molecule has 1 N–H and O–H groups in total. The standard InChI is InChI=1S/C22H17BrN2O5S/c1-3-29-19(27)21-16(12-10-11(23)8-9-15(12)30-20(21)28)22(24-17(21)31)13-6-4-5-7-14(13)25(2)18(22)26/h4-10,16H,3H2,1-2H3,(H,24,31)/t16-,21+,22+/m1/s1. The van der Waals surface area contributed by atoms with Gasteiger partial charge in [-0.25, -0.2) is 4.79 Å². The number of thiocarbonyl (C=S) groups is 1. The lowest BCUT2D eigenvalue weighted by Gasteiger charge is -2.39. The Morgan fingerprint density at radius 3 is 2.77 bits per heavy atom. The van der Waals surface area contributed by atoms with Gasteiger partial charge in [0.15, 0.2) is 5.54 Å². The predicted octanol–water partition coefficient (Wildman–Crippen LogP) is 2.80. The number of likely N-dealkylation sites (N-methyl/N-ethyl adjacent to an activating group) is 1. The molecule has 5 rings (SSSR count). The molecule has 2 aromatic rings. The van der Waals surface area contributed by atoms with E-state index in [1.54, 1.807) is 32.2 Å². The average molecular weight is 501 g/mol. The lowest BCUT2D eigenvalue weighted by atomic mass is 9.63. The lowest BCUT2D eigenvalue weighted by Crippen LogP contribution is -2.55. The minimum absolute atomic E-state index is 0.0476. The van der Waals surface area contributed by atoms with Gasteiger partial charge in [0.2, 0.25) is 5.41 Å². The summed E-state index contributed by atoms with van der Waals surface area (Å²) in [5, 5.41) is 3.10. The van der Waals surface area contributed by atoms with Crippen molar-refractivity contribution < 1.29 is 23.9 Å². The number of hydrogen-bond acceptors (Lipinski definition) is 6. The van der Waals surface area contributed by atoms with Crippen molar-refractivity contribution in [3.63, 3.8) is 0 Å². The fourth-order valence-electron chi connectivity index (χ4n) is 5.03. The Labute approximate surface area is 191 Å². The van der Waals surface area contributed by atoms with E-state index in [1.165, 1.54) is 4.90 Å². The van der Waals surface area contributed by atoms with Gasteiger partial charge in [0.1, 0.15) is 10.7 Å². The van der Waals surface area contributed by atoms with E-state index in [-0.39, 0.29) is 23.3 Å². The van der Waals surface area contributed by atoms with Gasteiger partial charge in [0.25, 0.3) is 5.91 Å². The number of anilines is 1. The maximum absolute atomic E-state index is 13.8. The van der Waals surface area contributed by atoms with E-state index in [4.69, 9.17) is 21.7 Å². The number of hydrogen-bond donors (Lipinski definition) is 1. The average Bonchev–Trinajstić information content (AvgIpc) is 3.15. The van der Waals surface area contributed by atoms with E-state index in [0.717, 1.165) is 0 Å². The van der Waals surface area contributed by atoms with Crippen molar-refractivity contribution in [2.24, 2.45) is 5.41 Å². The molecule has 3 aliphatic heterocycles. The first kappa shape index (κ1) is 20.1. The van der Waals surface area contributed by atoms with Crippen LogP contribution in [0.2, 0.25) is 0 Å². The van der Waals surface area contributed by atoms with Gasteiger partial charge in [-0.1, -0.05) is 46.3 Å². The summed E-state index contributed by atoms with van der Waals surface area (Å²) in [4.78, 5) is 42.0. The highest BCUT2D eigenvalue weighted by Crippen LogP contribution is 2.62. The van der Waals surface area contributed by atoms with Crippen LogP contribution in [0.25, 0.3) is 0 Å². The molecule has 7 nitrogen and oxygen atoms in total. The van der Waals surface area contributed by atoms with E-state index in [2.05, 4.69) is 21.2 Å². The highest BCUT2D eigenvalue weighted by Gasteiger charge is 2.77. The summed E-state index contributed by atoms with van der Waals surface area (Å²) in [5.41, 5.74) is -1.59. The molecule has 0 radical (unpaired) electrons. The summed E-state index contributed by atoms with van der Waals surface area (Å²) in [6.45, 7) is 1.69. The van der Waals surface area contributed by atoms with Gasteiger partial charge in [-0.3, -0.25) is 9.59 Å². The minimum atomic E-state index is -1.98.